The number of carbonyl (C=O) groups excluding carboxylic acids is 2. The van der Waals surface area contributed by atoms with Crippen LogP contribution in [0.2, 0.25) is 0 Å². The number of piperidine rings is 1. The molecule has 1 fully saturated rings. The molecule has 2 aliphatic heterocycles. The van der Waals surface area contributed by atoms with Crippen molar-refractivity contribution in [3.05, 3.63) is 29.1 Å². The normalized spacial score (nSPS) is 21.5. The second-order valence-electron chi connectivity index (χ2n) is 6.66. The largest absolute Gasteiger partial charge is 0.339 e. The molecule has 1 aromatic rings. The van der Waals surface area contributed by atoms with Crippen LogP contribution in [0.5, 0.6) is 0 Å². The van der Waals surface area contributed by atoms with E-state index in [-0.39, 0.29) is 23.8 Å². The fraction of sp³-hybridized carbons (Fsp3) is 0.588. The lowest BCUT2D eigenvalue weighted by Gasteiger charge is -2.36. The molecule has 1 saturated heterocycles. The van der Waals surface area contributed by atoms with E-state index in [9.17, 15) is 9.59 Å². The number of pyridine rings is 1. The van der Waals surface area contributed by atoms with E-state index in [1.807, 2.05) is 36.8 Å². The van der Waals surface area contributed by atoms with Crippen LogP contribution >= 0.6 is 0 Å². The molecule has 3 heterocycles. The molecule has 0 aromatic carbocycles. The first-order valence-corrected chi connectivity index (χ1v) is 7.98. The molecule has 5 heteroatoms. The third-order valence-corrected chi connectivity index (χ3v) is 4.67. The van der Waals surface area contributed by atoms with Gasteiger partial charge >= 0.3 is 0 Å². The molecule has 0 aliphatic carbocycles. The van der Waals surface area contributed by atoms with Gasteiger partial charge in [-0.2, -0.15) is 0 Å². The van der Waals surface area contributed by atoms with E-state index in [2.05, 4.69) is 11.1 Å². The molecule has 0 bridgehead atoms. The third-order valence-electron chi connectivity index (χ3n) is 4.67. The topological polar surface area (TPSA) is 53.5 Å². The maximum absolute atomic E-state index is 12.8. The lowest BCUT2D eigenvalue weighted by Crippen LogP contribution is -2.48. The third kappa shape index (κ3) is 2.72. The Kier molecular flexibility index (Phi) is 3.89. The number of fused-ring (bicyclic) bond motifs is 1. The molecule has 0 saturated carbocycles. The lowest BCUT2D eigenvalue weighted by atomic mass is 9.95. The summed E-state index contributed by atoms with van der Waals surface area (Å²) in [6.45, 7) is 7.85. The van der Waals surface area contributed by atoms with E-state index in [1.165, 1.54) is 5.56 Å². The van der Waals surface area contributed by atoms with E-state index < -0.39 is 0 Å². The minimum atomic E-state index is -0.0662. The standard InChI is InChI=1S/C17H23N3O2/c1-11(2)20-10-13(4-5-16(20)21)17(22)19-8-14-6-12(3)18-7-15(14)9-19/h6-7,11,13H,4-5,8-10H2,1-3H3/t13-/m0/s1. The minimum Gasteiger partial charge on any atom is -0.339 e. The molecule has 22 heavy (non-hydrogen) atoms. The summed E-state index contributed by atoms with van der Waals surface area (Å²) in [6.07, 6.45) is 3.03. The van der Waals surface area contributed by atoms with Gasteiger partial charge in [-0.05, 0) is 44.4 Å². The number of hydrogen-bond acceptors (Lipinski definition) is 3. The van der Waals surface area contributed by atoms with Gasteiger partial charge < -0.3 is 9.80 Å². The Morgan fingerprint density at radius 1 is 1.32 bits per heavy atom. The van der Waals surface area contributed by atoms with Crippen LogP contribution in [0.3, 0.4) is 0 Å². The van der Waals surface area contributed by atoms with Gasteiger partial charge in [0.25, 0.3) is 0 Å². The number of hydrogen-bond donors (Lipinski definition) is 0. The average Bonchev–Trinajstić information content (AvgIpc) is 2.89. The fourth-order valence-electron chi connectivity index (χ4n) is 3.39. The van der Waals surface area contributed by atoms with Crippen LogP contribution in [0.15, 0.2) is 12.3 Å². The van der Waals surface area contributed by atoms with Crippen LogP contribution in [-0.2, 0) is 22.7 Å². The van der Waals surface area contributed by atoms with Crippen molar-refractivity contribution >= 4 is 11.8 Å². The van der Waals surface area contributed by atoms with Gasteiger partial charge in [-0.3, -0.25) is 14.6 Å². The van der Waals surface area contributed by atoms with Crippen LogP contribution in [0.1, 0.15) is 43.5 Å². The van der Waals surface area contributed by atoms with Crippen molar-refractivity contribution in [2.45, 2.75) is 52.7 Å². The Balaban J connectivity index is 1.69. The molecule has 118 valence electrons. The van der Waals surface area contributed by atoms with Gasteiger partial charge in [0.2, 0.25) is 11.8 Å². The molecule has 5 nitrogen and oxygen atoms in total. The molecule has 0 radical (unpaired) electrons. The highest BCUT2D eigenvalue weighted by molar-refractivity contribution is 5.84. The number of likely N-dealkylation sites (tertiary alicyclic amines) is 1. The Morgan fingerprint density at radius 3 is 2.77 bits per heavy atom. The quantitative estimate of drug-likeness (QED) is 0.838. The van der Waals surface area contributed by atoms with Crippen LogP contribution in [0.25, 0.3) is 0 Å². The number of rotatable bonds is 2. The lowest BCUT2D eigenvalue weighted by molar-refractivity contribution is -0.144. The van der Waals surface area contributed by atoms with Crippen molar-refractivity contribution < 1.29 is 9.59 Å². The molecule has 1 atom stereocenters. The SMILES string of the molecule is Cc1cc2c(cn1)CN(C(=O)[C@H]1CCC(=O)N(C(C)C)C1)C2. The minimum absolute atomic E-state index is 0.0662. The zero-order valence-electron chi connectivity index (χ0n) is 13.5. The summed E-state index contributed by atoms with van der Waals surface area (Å²) < 4.78 is 0. The summed E-state index contributed by atoms with van der Waals surface area (Å²) >= 11 is 0. The molecular weight excluding hydrogens is 278 g/mol. The first-order valence-electron chi connectivity index (χ1n) is 7.98. The van der Waals surface area contributed by atoms with E-state index >= 15 is 0 Å². The zero-order valence-corrected chi connectivity index (χ0v) is 13.5. The Bertz CT molecular complexity index is 612. The highest BCUT2D eigenvalue weighted by Crippen LogP contribution is 2.27. The van der Waals surface area contributed by atoms with Crippen LogP contribution in [-0.4, -0.2) is 39.2 Å². The molecule has 1 aromatic heterocycles. The van der Waals surface area contributed by atoms with E-state index in [1.54, 1.807) is 0 Å². The van der Waals surface area contributed by atoms with Gasteiger partial charge in [0.1, 0.15) is 0 Å². The second kappa shape index (κ2) is 5.71. The van der Waals surface area contributed by atoms with Gasteiger partial charge in [0.15, 0.2) is 0 Å². The Hall–Kier alpha value is -1.91. The summed E-state index contributed by atoms with van der Waals surface area (Å²) in [7, 11) is 0. The van der Waals surface area contributed by atoms with Crippen molar-refractivity contribution in [3.8, 4) is 0 Å². The van der Waals surface area contributed by atoms with Gasteiger partial charge in [0.05, 0.1) is 5.92 Å². The maximum atomic E-state index is 12.8. The number of carbonyl (C=O) groups is 2. The summed E-state index contributed by atoms with van der Waals surface area (Å²) in [5.74, 6) is 0.277. The molecule has 0 N–H and O–H groups in total. The molecule has 2 aliphatic rings. The summed E-state index contributed by atoms with van der Waals surface area (Å²) in [4.78, 5) is 32.8. The summed E-state index contributed by atoms with van der Waals surface area (Å²) in [6, 6.07) is 2.22. The number of aryl methyl sites for hydroxylation is 1. The van der Waals surface area contributed by atoms with Crippen molar-refractivity contribution in [2.75, 3.05) is 6.54 Å². The predicted octanol–water partition coefficient (Wildman–Crippen LogP) is 1.88. The summed E-state index contributed by atoms with van der Waals surface area (Å²) in [5.41, 5.74) is 3.34. The van der Waals surface area contributed by atoms with Gasteiger partial charge in [-0.1, -0.05) is 0 Å². The fourth-order valence-corrected chi connectivity index (χ4v) is 3.39. The molecular formula is C17H23N3O2. The Labute approximate surface area is 131 Å². The number of amides is 2. The van der Waals surface area contributed by atoms with Crippen LogP contribution < -0.4 is 0 Å². The first kappa shape index (κ1) is 15.0. The summed E-state index contributed by atoms with van der Waals surface area (Å²) in [5, 5.41) is 0. The van der Waals surface area contributed by atoms with Gasteiger partial charge in [-0.15, -0.1) is 0 Å². The van der Waals surface area contributed by atoms with Crippen molar-refractivity contribution in [2.24, 2.45) is 5.92 Å². The smallest absolute Gasteiger partial charge is 0.228 e. The number of aromatic nitrogens is 1. The molecule has 3 rings (SSSR count). The van der Waals surface area contributed by atoms with Gasteiger partial charge in [0, 0.05) is 44.0 Å². The second-order valence-corrected chi connectivity index (χ2v) is 6.66. The molecule has 0 spiro atoms. The van der Waals surface area contributed by atoms with E-state index in [4.69, 9.17) is 0 Å². The van der Waals surface area contributed by atoms with Crippen molar-refractivity contribution in [1.29, 1.82) is 0 Å². The maximum Gasteiger partial charge on any atom is 0.228 e. The highest BCUT2D eigenvalue weighted by atomic mass is 16.2. The number of nitrogens with zero attached hydrogens (tertiary/aromatic N) is 3. The van der Waals surface area contributed by atoms with E-state index in [0.717, 1.165) is 11.3 Å². The molecule has 0 unspecified atom stereocenters. The Morgan fingerprint density at radius 2 is 2.05 bits per heavy atom. The van der Waals surface area contributed by atoms with Crippen LogP contribution in [0, 0.1) is 12.8 Å². The zero-order chi connectivity index (χ0) is 15.9. The highest BCUT2D eigenvalue weighted by Gasteiger charge is 2.35. The van der Waals surface area contributed by atoms with Crippen LogP contribution in [0.4, 0.5) is 0 Å². The van der Waals surface area contributed by atoms with Gasteiger partial charge in [-0.25, -0.2) is 0 Å². The monoisotopic (exact) mass is 301 g/mol. The molecule has 2 amide bonds. The first-order chi connectivity index (χ1) is 10.5. The van der Waals surface area contributed by atoms with Crippen molar-refractivity contribution in [3.63, 3.8) is 0 Å². The van der Waals surface area contributed by atoms with Crippen molar-refractivity contribution in [1.82, 2.24) is 14.8 Å². The predicted molar refractivity (Wildman–Crippen MR) is 82.8 cm³/mol. The van der Waals surface area contributed by atoms with E-state index in [0.29, 0.717) is 32.5 Å². The average molecular weight is 301 g/mol.